The van der Waals surface area contributed by atoms with Crippen molar-refractivity contribution in [2.45, 2.75) is 13.3 Å². The number of hydrogen-bond donors (Lipinski definition) is 1. The largest absolute Gasteiger partial charge is 0.369 e. The van der Waals surface area contributed by atoms with E-state index in [-0.39, 0.29) is 30.2 Å². The fraction of sp³-hybridized carbons (Fsp3) is 0.333. The van der Waals surface area contributed by atoms with Crippen molar-refractivity contribution in [3.05, 3.63) is 33.9 Å². The Morgan fingerprint density at radius 1 is 1.53 bits per heavy atom. The number of nitrogens with zero attached hydrogens (tertiary/aromatic N) is 2. The number of carbonyl (C=O) groups excluding carboxylic acids is 2. The molecule has 1 heterocycles. The summed E-state index contributed by atoms with van der Waals surface area (Å²) >= 11 is 0. The molecular weight excluding hydrogens is 250 g/mol. The van der Waals surface area contributed by atoms with E-state index in [4.69, 9.17) is 5.73 Å². The topological polar surface area (TPSA) is 107 Å². The SMILES string of the molecule is Cc1ccc([N+](=O)[O-])c(N2CC(C(N)=O)CC2=O)c1. The average molecular weight is 263 g/mol. The van der Waals surface area contributed by atoms with Crippen LogP contribution in [0.25, 0.3) is 0 Å². The molecule has 1 aromatic carbocycles. The maximum atomic E-state index is 11.9. The smallest absolute Gasteiger partial charge is 0.292 e. The fourth-order valence-electron chi connectivity index (χ4n) is 2.14. The Hall–Kier alpha value is -2.44. The van der Waals surface area contributed by atoms with Gasteiger partial charge >= 0.3 is 0 Å². The van der Waals surface area contributed by atoms with Crippen molar-refractivity contribution in [1.29, 1.82) is 0 Å². The molecule has 0 bridgehead atoms. The zero-order valence-corrected chi connectivity index (χ0v) is 10.3. The van der Waals surface area contributed by atoms with Crippen LogP contribution in [-0.4, -0.2) is 23.3 Å². The summed E-state index contributed by atoms with van der Waals surface area (Å²) in [5, 5.41) is 11.0. The van der Waals surface area contributed by atoms with E-state index in [0.29, 0.717) is 0 Å². The quantitative estimate of drug-likeness (QED) is 0.641. The van der Waals surface area contributed by atoms with E-state index in [2.05, 4.69) is 0 Å². The molecule has 2 amide bonds. The number of aryl methyl sites for hydroxylation is 1. The predicted molar refractivity (Wildman–Crippen MR) is 67.5 cm³/mol. The summed E-state index contributed by atoms with van der Waals surface area (Å²) in [5.74, 6) is -1.48. The lowest BCUT2D eigenvalue weighted by atomic mass is 10.1. The van der Waals surface area contributed by atoms with Gasteiger partial charge in [-0.2, -0.15) is 0 Å². The van der Waals surface area contributed by atoms with Gasteiger partial charge in [0.15, 0.2) is 0 Å². The minimum absolute atomic E-state index is 0.000426. The molecule has 0 spiro atoms. The number of nitro groups is 1. The standard InChI is InChI=1S/C12H13N3O4/c1-7-2-3-9(15(18)19)10(4-7)14-6-8(12(13)17)5-11(14)16/h2-4,8H,5-6H2,1H3,(H2,13,17). The van der Waals surface area contributed by atoms with Crippen LogP contribution in [0.1, 0.15) is 12.0 Å². The summed E-state index contributed by atoms with van der Waals surface area (Å²) < 4.78 is 0. The molecule has 1 aliphatic rings. The van der Waals surface area contributed by atoms with Gasteiger partial charge in [0.1, 0.15) is 5.69 Å². The third-order valence-corrected chi connectivity index (χ3v) is 3.15. The summed E-state index contributed by atoms with van der Waals surface area (Å²) in [4.78, 5) is 34.7. The summed E-state index contributed by atoms with van der Waals surface area (Å²) in [5.41, 5.74) is 6.05. The van der Waals surface area contributed by atoms with E-state index >= 15 is 0 Å². The highest BCUT2D eigenvalue weighted by Crippen LogP contribution is 2.33. The Labute approximate surface area is 109 Å². The number of amides is 2. The predicted octanol–water partition coefficient (Wildman–Crippen LogP) is 0.741. The normalized spacial score (nSPS) is 18.7. The number of nitro benzene ring substituents is 1. The van der Waals surface area contributed by atoms with Crippen LogP contribution in [0.3, 0.4) is 0 Å². The van der Waals surface area contributed by atoms with Gasteiger partial charge in [0.05, 0.1) is 10.8 Å². The minimum atomic E-state index is -0.590. The number of nitrogens with two attached hydrogens (primary N) is 1. The van der Waals surface area contributed by atoms with Gasteiger partial charge in [-0.25, -0.2) is 0 Å². The summed E-state index contributed by atoms with van der Waals surface area (Å²) in [6.45, 7) is 1.87. The number of anilines is 1. The molecule has 0 aliphatic carbocycles. The Morgan fingerprint density at radius 3 is 2.74 bits per heavy atom. The first-order valence-corrected chi connectivity index (χ1v) is 5.75. The molecule has 1 aliphatic heterocycles. The second-order valence-corrected chi connectivity index (χ2v) is 4.56. The first-order chi connectivity index (χ1) is 8.90. The summed E-state index contributed by atoms with van der Waals surface area (Å²) in [7, 11) is 0. The molecule has 1 aromatic rings. The van der Waals surface area contributed by atoms with Crippen LogP contribution in [0.2, 0.25) is 0 Å². The molecule has 0 saturated carbocycles. The molecule has 0 aromatic heterocycles. The lowest BCUT2D eigenvalue weighted by molar-refractivity contribution is -0.384. The maximum absolute atomic E-state index is 11.9. The van der Waals surface area contributed by atoms with Crippen LogP contribution >= 0.6 is 0 Å². The van der Waals surface area contributed by atoms with Gasteiger partial charge in [-0.05, 0) is 18.6 Å². The number of rotatable bonds is 3. The number of hydrogen-bond acceptors (Lipinski definition) is 4. The van der Waals surface area contributed by atoms with Gasteiger partial charge in [-0.15, -0.1) is 0 Å². The van der Waals surface area contributed by atoms with E-state index in [1.54, 1.807) is 19.1 Å². The molecule has 7 heteroatoms. The molecule has 0 radical (unpaired) electrons. The molecule has 7 nitrogen and oxygen atoms in total. The highest BCUT2D eigenvalue weighted by Gasteiger charge is 2.36. The lowest BCUT2D eigenvalue weighted by Crippen LogP contribution is -2.28. The van der Waals surface area contributed by atoms with E-state index in [1.165, 1.54) is 11.0 Å². The lowest BCUT2D eigenvalue weighted by Gasteiger charge is -2.16. The molecule has 2 rings (SSSR count). The Morgan fingerprint density at radius 2 is 2.21 bits per heavy atom. The van der Waals surface area contributed by atoms with Crippen molar-refractivity contribution in [1.82, 2.24) is 0 Å². The van der Waals surface area contributed by atoms with Crippen LogP contribution in [0.4, 0.5) is 11.4 Å². The molecule has 1 fully saturated rings. The Bertz CT molecular complexity index is 570. The molecule has 19 heavy (non-hydrogen) atoms. The van der Waals surface area contributed by atoms with Crippen molar-refractivity contribution < 1.29 is 14.5 Å². The molecule has 1 saturated heterocycles. The third-order valence-electron chi connectivity index (χ3n) is 3.15. The molecule has 2 N–H and O–H groups in total. The second-order valence-electron chi connectivity index (χ2n) is 4.56. The van der Waals surface area contributed by atoms with E-state index in [1.807, 2.05) is 0 Å². The van der Waals surface area contributed by atoms with Crippen LogP contribution in [0.5, 0.6) is 0 Å². The highest BCUT2D eigenvalue weighted by molar-refractivity contribution is 6.01. The Balaban J connectivity index is 2.42. The molecule has 100 valence electrons. The number of benzene rings is 1. The summed E-state index contributed by atoms with van der Waals surface area (Å²) in [6, 6.07) is 4.53. The van der Waals surface area contributed by atoms with Gasteiger partial charge in [0.2, 0.25) is 11.8 Å². The molecule has 1 atom stereocenters. The maximum Gasteiger partial charge on any atom is 0.292 e. The van der Waals surface area contributed by atoms with Gasteiger partial charge in [0, 0.05) is 19.0 Å². The van der Waals surface area contributed by atoms with Gasteiger partial charge in [-0.1, -0.05) is 6.07 Å². The van der Waals surface area contributed by atoms with E-state index < -0.39 is 16.7 Å². The van der Waals surface area contributed by atoms with Gasteiger partial charge < -0.3 is 10.6 Å². The first-order valence-electron chi connectivity index (χ1n) is 5.75. The van der Waals surface area contributed by atoms with Crippen molar-refractivity contribution in [2.24, 2.45) is 11.7 Å². The van der Waals surface area contributed by atoms with Crippen LogP contribution in [0, 0.1) is 23.0 Å². The van der Waals surface area contributed by atoms with Crippen LogP contribution < -0.4 is 10.6 Å². The minimum Gasteiger partial charge on any atom is -0.369 e. The molecule has 1 unspecified atom stereocenters. The molecular formula is C12H13N3O4. The van der Waals surface area contributed by atoms with Crippen LogP contribution in [-0.2, 0) is 9.59 Å². The van der Waals surface area contributed by atoms with Crippen molar-refractivity contribution in [3.63, 3.8) is 0 Å². The zero-order valence-electron chi connectivity index (χ0n) is 10.3. The zero-order chi connectivity index (χ0) is 14.2. The van der Waals surface area contributed by atoms with Gasteiger partial charge in [-0.3, -0.25) is 19.7 Å². The highest BCUT2D eigenvalue weighted by atomic mass is 16.6. The average Bonchev–Trinajstić information content (AvgIpc) is 2.71. The van der Waals surface area contributed by atoms with Crippen molar-refractivity contribution in [2.75, 3.05) is 11.4 Å². The first kappa shape index (κ1) is 13.0. The Kier molecular flexibility index (Phi) is 3.20. The van der Waals surface area contributed by atoms with Crippen molar-refractivity contribution >= 4 is 23.2 Å². The summed E-state index contributed by atoms with van der Waals surface area (Å²) in [6.07, 6.45) is 0.000426. The van der Waals surface area contributed by atoms with Crippen molar-refractivity contribution in [3.8, 4) is 0 Å². The van der Waals surface area contributed by atoms with E-state index in [9.17, 15) is 19.7 Å². The van der Waals surface area contributed by atoms with Crippen LogP contribution in [0.15, 0.2) is 18.2 Å². The van der Waals surface area contributed by atoms with E-state index in [0.717, 1.165) is 5.56 Å². The second kappa shape index (κ2) is 4.68. The third kappa shape index (κ3) is 2.40. The number of primary amides is 1. The van der Waals surface area contributed by atoms with Gasteiger partial charge in [0.25, 0.3) is 5.69 Å². The fourth-order valence-corrected chi connectivity index (χ4v) is 2.14. The number of carbonyl (C=O) groups is 2. The monoisotopic (exact) mass is 263 g/mol.